The van der Waals surface area contributed by atoms with E-state index in [4.69, 9.17) is 16.7 Å². The van der Waals surface area contributed by atoms with Crippen LogP contribution in [-0.4, -0.2) is 34.3 Å². The SMILES string of the molecule is CCC(CC)N(CCO)c1cc(C)nc(Cl)n1. The molecule has 1 rings (SSSR count). The Morgan fingerprint density at radius 1 is 1.35 bits per heavy atom. The average molecular weight is 258 g/mol. The van der Waals surface area contributed by atoms with E-state index in [1.165, 1.54) is 0 Å². The molecule has 4 nitrogen and oxygen atoms in total. The van der Waals surface area contributed by atoms with Crippen molar-refractivity contribution in [2.75, 3.05) is 18.1 Å². The van der Waals surface area contributed by atoms with Crippen molar-refractivity contribution < 1.29 is 5.11 Å². The summed E-state index contributed by atoms with van der Waals surface area (Å²) in [6, 6.07) is 2.27. The van der Waals surface area contributed by atoms with Crippen molar-refractivity contribution in [1.29, 1.82) is 0 Å². The lowest BCUT2D eigenvalue weighted by molar-refractivity contribution is 0.295. The highest BCUT2D eigenvalue weighted by Gasteiger charge is 2.17. The molecule has 0 saturated carbocycles. The monoisotopic (exact) mass is 257 g/mol. The van der Waals surface area contributed by atoms with E-state index in [2.05, 4.69) is 28.7 Å². The Labute approximate surface area is 108 Å². The average Bonchev–Trinajstić information content (AvgIpc) is 2.28. The summed E-state index contributed by atoms with van der Waals surface area (Å²) in [5.74, 6) is 0.797. The minimum absolute atomic E-state index is 0.108. The van der Waals surface area contributed by atoms with Crippen molar-refractivity contribution in [3.8, 4) is 0 Å². The number of hydrogen-bond acceptors (Lipinski definition) is 4. The first-order valence-corrected chi connectivity index (χ1v) is 6.38. The van der Waals surface area contributed by atoms with Crippen LogP contribution >= 0.6 is 11.6 Å². The number of halogens is 1. The Morgan fingerprint density at radius 3 is 2.47 bits per heavy atom. The van der Waals surface area contributed by atoms with Gasteiger partial charge in [-0.3, -0.25) is 0 Å². The van der Waals surface area contributed by atoms with Crippen LogP contribution in [0.4, 0.5) is 5.82 Å². The van der Waals surface area contributed by atoms with Crippen LogP contribution in [0, 0.1) is 6.92 Å². The van der Waals surface area contributed by atoms with Crippen molar-refractivity contribution in [3.63, 3.8) is 0 Å². The first-order chi connectivity index (χ1) is 8.12. The summed E-state index contributed by atoms with van der Waals surface area (Å²) in [5, 5.41) is 9.42. The zero-order valence-electron chi connectivity index (χ0n) is 10.6. The Morgan fingerprint density at radius 2 is 2.00 bits per heavy atom. The summed E-state index contributed by atoms with van der Waals surface area (Å²) >= 11 is 5.87. The largest absolute Gasteiger partial charge is 0.395 e. The van der Waals surface area contributed by atoms with E-state index in [1.54, 1.807) is 0 Å². The van der Waals surface area contributed by atoms with E-state index in [0.717, 1.165) is 24.4 Å². The van der Waals surface area contributed by atoms with Gasteiger partial charge in [-0.1, -0.05) is 13.8 Å². The third-order valence-electron chi connectivity index (χ3n) is 2.83. The van der Waals surface area contributed by atoms with Crippen LogP contribution in [0.5, 0.6) is 0 Å². The Kier molecular flexibility index (Phi) is 5.65. The maximum Gasteiger partial charge on any atom is 0.224 e. The van der Waals surface area contributed by atoms with Crippen molar-refractivity contribution in [3.05, 3.63) is 17.0 Å². The molecule has 0 aliphatic rings. The Balaban J connectivity index is 3.03. The van der Waals surface area contributed by atoms with Crippen molar-refractivity contribution in [1.82, 2.24) is 9.97 Å². The van der Waals surface area contributed by atoms with Crippen LogP contribution in [0.1, 0.15) is 32.4 Å². The number of aromatic nitrogens is 2. The molecule has 0 bridgehead atoms. The molecule has 96 valence electrons. The molecule has 0 unspecified atom stereocenters. The summed E-state index contributed by atoms with van der Waals surface area (Å²) in [7, 11) is 0. The zero-order valence-corrected chi connectivity index (χ0v) is 11.4. The Hall–Kier alpha value is -0.870. The summed E-state index contributed by atoms with van der Waals surface area (Å²) < 4.78 is 0. The quantitative estimate of drug-likeness (QED) is 0.796. The molecule has 0 amide bonds. The number of nitrogens with zero attached hydrogens (tertiary/aromatic N) is 3. The fraction of sp³-hybridized carbons (Fsp3) is 0.667. The van der Waals surface area contributed by atoms with Crippen LogP contribution in [0.25, 0.3) is 0 Å². The fourth-order valence-electron chi connectivity index (χ4n) is 1.98. The molecule has 0 aliphatic carbocycles. The van der Waals surface area contributed by atoms with E-state index in [1.807, 2.05) is 13.0 Å². The van der Waals surface area contributed by atoms with Crippen LogP contribution in [-0.2, 0) is 0 Å². The van der Waals surface area contributed by atoms with Gasteiger partial charge in [-0.25, -0.2) is 9.97 Å². The highest BCUT2D eigenvalue weighted by atomic mass is 35.5. The molecule has 0 aromatic carbocycles. The highest BCUT2D eigenvalue weighted by Crippen LogP contribution is 2.20. The van der Waals surface area contributed by atoms with Gasteiger partial charge in [0.1, 0.15) is 5.82 Å². The van der Waals surface area contributed by atoms with E-state index >= 15 is 0 Å². The van der Waals surface area contributed by atoms with Gasteiger partial charge >= 0.3 is 0 Å². The summed E-state index contributed by atoms with van der Waals surface area (Å²) in [6.45, 7) is 6.83. The highest BCUT2D eigenvalue weighted by molar-refractivity contribution is 6.28. The van der Waals surface area contributed by atoms with Crippen molar-refractivity contribution in [2.45, 2.75) is 39.7 Å². The predicted octanol–water partition coefficient (Wildman–Crippen LogP) is 2.43. The third-order valence-corrected chi connectivity index (χ3v) is 3.00. The summed E-state index contributed by atoms with van der Waals surface area (Å²) in [5.41, 5.74) is 0.842. The van der Waals surface area contributed by atoms with E-state index in [0.29, 0.717) is 12.6 Å². The van der Waals surface area contributed by atoms with Gasteiger partial charge in [-0.05, 0) is 31.4 Å². The molecule has 5 heteroatoms. The fourth-order valence-corrected chi connectivity index (χ4v) is 2.20. The molecule has 0 saturated heterocycles. The summed E-state index contributed by atoms with van der Waals surface area (Å²) in [4.78, 5) is 10.4. The normalized spacial score (nSPS) is 10.9. The second-order valence-corrected chi connectivity index (χ2v) is 4.36. The summed E-state index contributed by atoms with van der Waals surface area (Å²) in [6.07, 6.45) is 2.02. The lowest BCUT2D eigenvalue weighted by atomic mass is 10.1. The van der Waals surface area contributed by atoms with Gasteiger partial charge in [-0.15, -0.1) is 0 Å². The van der Waals surface area contributed by atoms with Gasteiger partial charge in [0.25, 0.3) is 0 Å². The number of aliphatic hydroxyl groups is 1. The van der Waals surface area contributed by atoms with Gasteiger partial charge in [-0.2, -0.15) is 0 Å². The smallest absolute Gasteiger partial charge is 0.224 e. The molecule has 0 radical (unpaired) electrons. The molecule has 17 heavy (non-hydrogen) atoms. The zero-order chi connectivity index (χ0) is 12.8. The molecule has 1 heterocycles. The van der Waals surface area contributed by atoms with Gasteiger partial charge in [0.15, 0.2) is 0 Å². The van der Waals surface area contributed by atoms with Gasteiger partial charge in [0.05, 0.1) is 6.61 Å². The maximum atomic E-state index is 9.16. The van der Waals surface area contributed by atoms with Gasteiger partial charge in [0, 0.05) is 24.3 Å². The lowest BCUT2D eigenvalue weighted by Crippen LogP contribution is -2.37. The van der Waals surface area contributed by atoms with E-state index in [-0.39, 0.29) is 11.9 Å². The number of anilines is 1. The van der Waals surface area contributed by atoms with Crippen molar-refractivity contribution in [2.24, 2.45) is 0 Å². The second-order valence-electron chi connectivity index (χ2n) is 4.02. The number of aliphatic hydroxyl groups excluding tert-OH is 1. The van der Waals surface area contributed by atoms with Crippen LogP contribution < -0.4 is 4.90 Å². The molecule has 0 spiro atoms. The first-order valence-electron chi connectivity index (χ1n) is 6.01. The predicted molar refractivity (Wildman–Crippen MR) is 70.6 cm³/mol. The molecule has 0 aliphatic heterocycles. The molecule has 0 atom stereocenters. The number of hydrogen-bond donors (Lipinski definition) is 1. The van der Waals surface area contributed by atoms with Gasteiger partial charge in [0.2, 0.25) is 5.28 Å². The second kappa shape index (κ2) is 6.77. The molecule has 1 N–H and O–H groups in total. The minimum atomic E-state index is 0.108. The van der Waals surface area contributed by atoms with Crippen LogP contribution in [0.2, 0.25) is 5.28 Å². The Bertz CT molecular complexity index is 335. The van der Waals surface area contributed by atoms with Crippen molar-refractivity contribution >= 4 is 17.4 Å². The number of aryl methyl sites for hydroxylation is 1. The standard InChI is InChI=1S/C12H20ClN3O/c1-4-10(5-2)16(6-7-17)11-8-9(3)14-12(13)15-11/h8,10,17H,4-7H2,1-3H3. The van der Waals surface area contributed by atoms with E-state index in [9.17, 15) is 0 Å². The van der Waals surface area contributed by atoms with E-state index < -0.39 is 0 Å². The molecule has 1 aromatic heterocycles. The third kappa shape index (κ3) is 3.82. The molecular formula is C12H20ClN3O. The topological polar surface area (TPSA) is 49.2 Å². The maximum absolute atomic E-state index is 9.16. The molecular weight excluding hydrogens is 238 g/mol. The van der Waals surface area contributed by atoms with Crippen LogP contribution in [0.3, 0.4) is 0 Å². The van der Waals surface area contributed by atoms with Crippen LogP contribution in [0.15, 0.2) is 6.07 Å². The van der Waals surface area contributed by atoms with Gasteiger partial charge < -0.3 is 10.0 Å². The minimum Gasteiger partial charge on any atom is -0.395 e. The molecule has 0 fully saturated rings. The number of rotatable bonds is 6. The lowest BCUT2D eigenvalue weighted by Gasteiger charge is -2.31. The molecule has 1 aromatic rings. The first kappa shape index (κ1) is 14.2.